The van der Waals surface area contributed by atoms with Crippen LogP contribution in [0.15, 0.2) is 60.7 Å². The van der Waals surface area contributed by atoms with Gasteiger partial charge in [0.15, 0.2) is 6.61 Å². The summed E-state index contributed by atoms with van der Waals surface area (Å²) in [7, 11) is 0. The van der Waals surface area contributed by atoms with E-state index in [0.717, 1.165) is 12.0 Å². The maximum atomic E-state index is 12.3. The number of ether oxygens (including phenoxy) is 1. The van der Waals surface area contributed by atoms with E-state index in [1.165, 1.54) is 11.1 Å². The van der Waals surface area contributed by atoms with E-state index in [1.54, 1.807) is 17.0 Å². The molecule has 0 fully saturated rings. The molecule has 25 heavy (non-hydrogen) atoms. The summed E-state index contributed by atoms with van der Waals surface area (Å²) in [6, 6.07) is 17.3. The van der Waals surface area contributed by atoms with E-state index in [9.17, 15) is 9.59 Å². The molecule has 1 heterocycles. The second-order valence-electron chi connectivity index (χ2n) is 6.13. The van der Waals surface area contributed by atoms with Gasteiger partial charge in [-0.3, -0.25) is 4.79 Å². The molecular formula is C21H21NO3. The summed E-state index contributed by atoms with van der Waals surface area (Å²) in [4.78, 5) is 25.9. The van der Waals surface area contributed by atoms with Gasteiger partial charge in [-0.1, -0.05) is 54.1 Å². The van der Waals surface area contributed by atoms with Crippen molar-refractivity contribution in [2.24, 2.45) is 0 Å². The van der Waals surface area contributed by atoms with Crippen molar-refractivity contribution in [2.75, 3.05) is 19.7 Å². The van der Waals surface area contributed by atoms with Gasteiger partial charge in [0, 0.05) is 13.1 Å². The molecule has 2 aromatic carbocycles. The molecule has 0 spiro atoms. The number of esters is 1. The molecule has 0 bridgehead atoms. The van der Waals surface area contributed by atoms with Gasteiger partial charge in [0.2, 0.25) is 0 Å². The van der Waals surface area contributed by atoms with Crippen molar-refractivity contribution in [3.05, 3.63) is 77.4 Å². The van der Waals surface area contributed by atoms with Crippen LogP contribution in [0.2, 0.25) is 0 Å². The molecule has 4 nitrogen and oxygen atoms in total. The SMILES string of the molecule is Cc1ccc(C(=O)OCC(=O)N2CC=C(c3ccccc3)CC2)cc1. The quantitative estimate of drug-likeness (QED) is 0.804. The van der Waals surface area contributed by atoms with Crippen LogP contribution in [-0.4, -0.2) is 36.5 Å². The zero-order valence-electron chi connectivity index (χ0n) is 14.3. The largest absolute Gasteiger partial charge is 0.452 e. The lowest BCUT2D eigenvalue weighted by molar-refractivity contribution is -0.134. The van der Waals surface area contributed by atoms with E-state index in [2.05, 4.69) is 18.2 Å². The summed E-state index contributed by atoms with van der Waals surface area (Å²) in [5.74, 6) is -0.630. The molecular weight excluding hydrogens is 314 g/mol. The number of amides is 1. The number of aryl methyl sites for hydroxylation is 1. The third-order valence-corrected chi connectivity index (χ3v) is 4.32. The van der Waals surface area contributed by atoms with Crippen LogP contribution < -0.4 is 0 Å². The van der Waals surface area contributed by atoms with Crippen molar-refractivity contribution < 1.29 is 14.3 Å². The van der Waals surface area contributed by atoms with E-state index in [4.69, 9.17) is 4.74 Å². The van der Waals surface area contributed by atoms with Crippen LogP contribution in [0.3, 0.4) is 0 Å². The highest BCUT2D eigenvalue weighted by atomic mass is 16.5. The van der Waals surface area contributed by atoms with Gasteiger partial charge in [-0.05, 0) is 36.6 Å². The minimum absolute atomic E-state index is 0.163. The Hall–Kier alpha value is -2.88. The minimum Gasteiger partial charge on any atom is -0.452 e. The first-order valence-corrected chi connectivity index (χ1v) is 8.39. The first-order valence-electron chi connectivity index (χ1n) is 8.39. The number of rotatable bonds is 4. The topological polar surface area (TPSA) is 46.6 Å². The molecule has 0 atom stereocenters. The fraction of sp³-hybridized carbons (Fsp3) is 0.238. The predicted octanol–water partition coefficient (Wildman–Crippen LogP) is 3.47. The average molecular weight is 335 g/mol. The first-order chi connectivity index (χ1) is 12.1. The highest BCUT2D eigenvalue weighted by Crippen LogP contribution is 2.22. The van der Waals surface area contributed by atoms with E-state index in [1.807, 2.05) is 37.3 Å². The van der Waals surface area contributed by atoms with Crippen molar-refractivity contribution in [2.45, 2.75) is 13.3 Å². The van der Waals surface area contributed by atoms with Gasteiger partial charge < -0.3 is 9.64 Å². The summed E-state index contributed by atoms with van der Waals surface area (Å²) in [5, 5.41) is 0. The molecule has 3 rings (SSSR count). The zero-order valence-corrected chi connectivity index (χ0v) is 14.3. The molecule has 128 valence electrons. The zero-order chi connectivity index (χ0) is 17.6. The fourth-order valence-electron chi connectivity index (χ4n) is 2.80. The summed E-state index contributed by atoms with van der Waals surface area (Å²) in [6.45, 7) is 2.92. The summed E-state index contributed by atoms with van der Waals surface area (Å²) in [6.07, 6.45) is 2.88. The van der Waals surface area contributed by atoms with Crippen molar-refractivity contribution in [1.29, 1.82) is 0 Å². The predicted molar refractivity (Wildman–Crippen MR) is 97.1 cm³/mol. The standard InChI is InChI=1S/C21H21NO3/c1-16-7-9-19(10-8-16)21(24)25-15-20(23)22-13-11-18(12-14-22)17-5-3-2-4-6-17/h2-11H,12-15H2,1H3. The summed E-state index contributed by atoms with van der Waals surface area (Å²) >= 11 is 0. The Morgan fingerprint density at radius 2 is 1.76 bits per heavy atom. The average Bonchev–Trinajstić information content (AvgIpc) is 2.67. The highest BCUT2D eigenvalue weighted by molar-refractivity contribution is 5.91. The van der Waals surface area contributed by atoms with Crippen LogP contribution in [0.1, 0.15) is 27.9 Å². The van der Waals surface area contributed by atoms with Crippen molar-refractivity contribution in [1.82, 2.24) is 4.90 Å². The van der Waals surface area contributed by atoms with Gasteiger partial charge in [0.05, 0.1) is 5.56 Å². The van der Waals surface area contributed by atoms with Gasteiger partial charge in [-0.25, -0.2) is 4.79 Å². The van der Waals surface area contributed by atoms with E-state index < -0.39 is 5.97 Å². The van der Waals surface area contributed by atoms with E-state index >= 15 is 0 Å². The maximum absolute atomic E-state index is 12.3. The summed E-state index contributed by atoms with van der Waals surface area (Å²) in [5.41, 5.74) is 3.98. The number of carbonyl (C=O) groups is 2. The van der Waals surface area contributed by atoms with Crippen molar-refractivity contribution >= 4 is 17.4 Å². The smallest absolute Gasteiger partial charge is 0.338 e. The minimum atomic E-state index is -0.467. The van der Waals surface area contributed by atoms with Gasteiger partial charge in [-0.2, -0.15) is 0 Å². The first kappa shape index (κ1) is 17.0. The Morgan fingerprint density at radius 3 is 2.40 bits per heavy atom. The second kappa shape index (κ2) is 7.79. The monoisotopic (exact) mass is 335 g/mol. The molecule has 1 aliphatic heterocycles. The van der Waals surface area contributed by atoms with E-state index in [-0.39, 0.29) is 12.5 Å². The number of nitrogens with zero attached hydrogens (tertiary/aromatic N) is 1. The molecule has 0 unspecified atom stereocenters. The number of hydrogen-bond donors (Lipinski definition) is 0. The Labute approximate surface area is 147 Å². The molecule has 0 saturated heterocycles. The molecule has 4 heteroatoms. The molecule has 2 aromatic rings. The Bertz CT molecular complexity index is 779. The highest BCUT2D eigenvalue weighted by Gasteiger charge is 2.19. The van der Waals surface area contributed by atoms with Gasteiger partial charge in [-0.15, -0.1) is 0 Å². The third kappa shape index (κ3) is 4.35. The molecule has 1 amide bonds. The number of carbonyl (C=O) groups excluding carboxylic acids is 2. The Kier molecular flexibility index (Phi) is 5.29. The second-order valence-corrected chi connectivity index (χ2v) is 6.13. The molecule has 0 N–H and O–H groups in total. The van der Waals surface area contributed by atoms with Crippen LogP contribution in [0, 0.1) is 6.92 Å². The lowest BCUT2D eigenvalue weighted by atomic mass is 10.00. The van der Waals surface area contributed by atoms with Crippen molar-refractivity contribution in [3.63, 3.8) is 0 Å². The molecule has 0 aromatic heterocycles. The van der Waals surface area contributed by atoms with Crippen LogP contribution in [0.25, 0.3) is 5.57 Å². The number of hydrogen-bond acceptors (Lipinski definition) is 3. The third-order valence-electron chi connectivity index (χ3n) is 4.32. The lowest BCUT2D eigenvalue weighted by Gasteiger charge is -2.26. The molecule has 0 aliphatic carbocycles. The maximum Gasteiger partial charge on any atom is 0.338 e. The Morgan fingerprint density at radius 1 is 1.04 bits per heavy atom. The lowest BCUT2D eigenvalue weighted by Crippen LogP contribution is -2.37. The van der Waals surface area contributed by atoms with Gasteiger partial charge >= 0.3 is 5.97 Å². The van der Waals surface area contributed by atoms with Crippen LogP contribution in [-0.2, 0) is 9.53 Å². The molecule has 0 saturated carbocycles. The molecule has 1 aliphatic rings. The summed E-state index contributed by atoms with van der Waals surface area (Å²) < 4.78 is 5.14. The van der Waals surface area contributed by atoms with Crippen LogP contribution in [0.5, 0.6) is 0 Å². The van der Waals surface area contributed by atoms with Crippen LogP contribution >= 0.6 is 0 Å². The number of benzene rings is 2. The normalized spacial score (nSPS) is 14.0. The van der Waals surface area contributed by atoms with E-state index in [0.29, 0.717) is 18.7 Å². The Balaban J connectivity index is 1.52. The fourth-order valence-corrected chi connectivity index (χ4v) is 2.80. The molecule has 0 radical (unpaired) electrons. The van der Waals surface area contributed by atoms with Gasteiger partial charge in [0.1, 0.15) is 0 Å². The van der Waals surface area contributed by atoms with Gasteiger partial charge in [0.25, 0.3) is 5.91 Å². The van der Waals surface area contributed by atoms with Crippen LogP contribution in [0.4, 0.5) is 0 Å². The van der Waals surface area contributed by atoms with Crippen molar-refractivity contribution in [3.8, 4) is 0 Å².